The van der Waals surface area contributed by atoms with Crippen LogP contribution in [0.4, 0.5) is 10.1 Å². The molecule has 1 aliphatic rings. The van der Waals surface area contributed by atoms with Crippen LogP contribution in [-0.2, 0) is 0 Å². The Bertz CT molecular complexity index is 447. The van der Waals surface area contributed by atoms with Gasteiger partial charge in [-0.2, -0.15) is 0 Å². The number of carbonyl (C=O) groups is 1. The number of nitrogen functional groups attached to an aromatic ring is 1. The van der Waals surface area contributed by atoms with Crippen molar-refractivity contribution in [2.45, 2.75) is 25.9 Å². The minimum absolute atomic E-state index is 0.232. The van der Waals surface area contributed by atoms with Gasteiger partial charge in [0, 0.05) is 23.4 Å². The number of carbonyl (C=O) groups excluding carboxylic acids is 1. The van der Waals surface area contributed by atoms with Gasteiger partial charge in [0.05, 0.1) is 6.10 Å². The van der Waals surface area contributed by atoms with Crippen molar-refractivity contribution >= 4 is 11.6 Å². The van der Waals surface area contributed by atoms with E-state index < -0.39 is 5.82 Å². The summed E-state index contributed by atoms with van der Waals surface area (Å²) in [5.74, 6) is -0.488. The summed E-state index contributed by atoms with van der Waals surface area (Å²) in [6.45, 7) is 2.08. The average molecular weight is 252 g/mol. The molecule has 0 saturated heterocycles. The molecule has 2 rings (SSSR count). The number of amides is 1. The van der Waals surface area contributed by atoms with E-state index in [-0.39, 0.29) is 23.3 Å². The second kappa shape index (κ2) is 4.94. The van der Waals surface area contributed by atoms with E-state index in [2.05, 4.69) is 5.32 Å². The van der Waals surface area contributed by atoms with Gasteiger partial charge in [0.15, 0.2) is 0 Å². The molecule has 1 aromatic rings. The smallest absolute Gasteiger partial charge is 0.251 e. The minimum atomic E-state index is -0.473. The van der Waals surface area contributed by atoms with E-state index in [1.165, 1.54) is 12.1 Å². The van der Waals surface area contributed by atoms with Crippen molar-refractivity contribution < 1.29 is 14.3 Å². The van der Waals surface area contributed by atoms with Gasteiger partial charge >= 0.3 is 0 Å². The van der Waals surface area contributed by atoms with Crippen LogP contribution in [0.3, 0.4) is 0 Å². The number of hydrogen-bond acceptors (Lipinski definition) is 3. The summed E-state index contributed by atoms with van der Waals surface area (Å²) < 4.78 is 13.4. The SMILES string of the molecule is Cc1c(N)cc(C(=O)NCC2CC(O)C2)cc1F. The highest BCUT2D eigenvalue weighted by atomic mass is 19.1. The Labute approximate surface area is 105 Å². The summed E-state index contributed by atoms with van der Waals surface area (Å²) in [5.41, 5.74) is 6.48. The van der Waals surface area contributed by atoms with Crippen LogP contribution in [0.5, 0.6) is 0 Å². The highest BCUT2D eigenvalue weighted by molar-refractivity contribution is 5.95. The Morgan fingerprint density at radius 3 is 2.78 bits per heavy atom. The minimum Gasteiger partial charge on any atom is -0.398 e. The van der Waals surface area contributed by atoms with Gasteiger partial charge in [0.1, 0.15) is 5.82 Å². The zero-order valence-corrected chi connectivity index (χ0v) is 10.2. The maximum Gasteiger partial charge on any atom is 0.251 e. The predicted octanol–water partition coefficient (Wildman–Crippen LogP) is 1.22. The molecule has 18 heavy (non-hydrogen) atoms. The van der Waals surface area contributed by atoms with Crippen LogP contribution in [-0.4, -0.2) is 23.7 Å². The summed E-state index contributed by atoms with van der Waals surface area (Å²) in [4.78, 5) is 11.8. The molecule has 5 heteroatoms. The van der Waals surface area contributed by atoms with Gasteiger partial charge in [-0.15, -0.1) is 0 Å². The largest absolute Gasteiger partial charge is 0.398 e. The first-order chi connectivity index (χ1) is 8.47. The number of rotatable bonds is 3. The molecule has 1 amide bonds. The number of halogens is 1. The van der Waals surface area contributed by atoms with E-state index in [0.717, 1.165) is 0 Å². The quantitative estimate of drug-likeness (QED) is 0.708. The van der Waals surface area contributed by atoms with Crippen molar-refractivity contribution in [2.75, 3.05) is 12.3 Å². The summed E-state index contributed by atoms with van der Waals surface area (Å²) in [7, 11) is 0. The van der Waals surface area contributed by atoms with Crippen LogP contribution in [0.25, 0.3) is 0 Å². The third-order valence-corrected chi connectivity index (χ3v) is 3.41. The number of aliphatic hydroxyl groups excluding tert-OH is 1. The van der Waals surface area contributed by atoms with E-state index in [1.54, 1.807) is 6.92 Å². The fourth-order valence-electron chi connectivity index (χ4n) is 2.04. The molecule has 1 aliphatic carbocycles. The fourth-order valence-corrected chi connectivity index (χ4v) is 2.04. The van der Waals surface area contributed by atoms with Gasteiger partial charge in [-0.05, 0) is 37.8 Å². The molecule has 0 aromatic heterocycles. The summed E-state index contributed by atoms with van der Waals surface area (Å²) in [6, 6.07) is 2.67. The van der Waals surface area contributed by atoms with Crippen molar-refractivity contribution in [1.82, 2.24) is 5.32 Å². The standard InChI is InChI=1S/C13H17FN2O2/c1-7-11(14)4-9(5-12(7)15)13(18)16-6-8-2-10(17)3-8/h4-5,8,10,17H,2-3,6,15H2,1H3,(H,16,18). The van der Waals surface area contributed by atoms with Gasteiger partial charge in [-0.1, -0.05) is 0 Å². The number of nitrogens with two attached hydrogens (primary N) is 1. The second-order valence-electron chi connectivity index (χ2n) is 4.87. The first-order valence-corrected chi connectivity index (χ1v) is 5.99. The van der Waals surface area contributed by atoms with E-state index in [1.807, 2.05) is 0 Å². The molecular formula is C13H17FN2O2. The molecule has 1 aromatic carbocycles. The lowest BCUT2D eigenvalue weighted by Gasteiger charge is -2.31. The number of aliphatic hydroxyl groups is 1. The second-order valence-corrected chi connectivity index (χ2v) is 4.87. The summed E-state index contributed by atoms with van der Waals surface area (Å²) in [6.07, 6.45) is 1.19. The zero-order chi connectivity index (χ0) is 13.3. The summed E-state index contributed by atoms with van der Waals surface area (Å²) in [5, 5.41) is 11.8. The van der Waals surface area contributed by atoms with E-state index in [9.17, 15) is 9.18 Å². The molecule has 4 N–H and O–H groups in total. The third-order valence-electron chi connectivity index (χ3n) is 3.41. The van der Waals surface area contributed by atoms with Crippen LogP contribution in [0, 0.1) is 18.7 Å². The molecule has 1 saturated carbocycles. The zero-order valence-electron chi connectivity index (χ0n) is 10.2. The van der Waals surface area contributed by atoms with Gasteiger partial charge in [-0.3, -0.25) is 4.79 Å². The molecule has 0 spiro atoms. The highest BCUT2D eigenvalue weighted by Gasteiger charge is 2.27. The first kappa shape index (κ1) is 12.8. The lowest BCUT2D eigenvalue weighted by molar-refractivity contribution is 0.0420. The molecule has 0 atom stereocenters. The van der Waals surface area contributed by atoms with E-state index in [0.29, 0.717) is 30.9 Å². The monoisotopic (exact) mass is 252 g/mol. The predicted molar refractivity (Wildman–Crippen MR) is 66.6 cm³/mol. The Morgan fingerprint density at radius 1 is 1.56 bits per heavy atom. The number of anilines is 1. The van der Waals surface area contributed by atoms with Gasteiger partial charge in [0.25, 0.3) is 5.91 Å². The van der Waals surface area contributed by atoms with Crippen LogP contribution < -0.4 is 11.1 Å². The Morgan fingerprint density at radius 2 is 2.22 bits per heavy atom. The molecule has 0 heterocycles. The normalized spacial score (nSPS) is 22.4. The maximum absolute atomic E-state index is 13.4. The molecule has 1 fully saturated rings. The molecule has 0 radical (unpaired) electrons. The number of benzene rings is 1. The average Bonchev–Trinajstić information content (AvgIpc) is 2.29. The molecule has 98 valence electrons. The van der Waals surface area contributed by atoms with Crippen molar-refractivity contribution in [1.29, 1.82) is 0 Å². The Hall–Kier alpha value is -1.62. The van der Waals surface area contributed by atoms with E-state index >= 15 is 0 Å². The van der Waals surface area contributed by atoms with Crippen molar-refractivity contribution in [2.24, 2.45) is 5.92 Å². The van der Waals surface area contributed by atoms with Crippen molar-refractivity contribution in [3.63, 3.8) is 0 Å². The van der Waals surface area contributed by atoms with E-state index in [4.69, 9.17) is 10.8 Å². The lowest BCUT2D eigenvalue weighted by Crippen LogP contribution is -2.38. The Kier molecular flexibility index (Phi) is 3.52. The highest BCUT2D eigenvalue weighted by Crippen LogP contribution is 2.26. The van der Waals surface area contributed by atoms with Crippen LogP contribution in [0.2, 0.25) is 0 Å². The van der Waals surface area contributed by atoms with Gasteiger partial charge < -0.3 is 16.2 Å². The molecule has 4 nitrogen and oxygen atoms in total. The first-order valence-electron chi connectivity index (χ1n) is 5.99. The fraction of sp³-hybridized carbons (Fsp3) is 0.462. The van der Waals surface area contributed by atoms with Crippen LogP contribution in [0.1, 0.15) is 28.8 Å². The van der Waals surface area contributed by atoms with Crippen molar-refractivity contribution in [3.8, 4) is 0 Å². The topological polar surface area (TPSA) is 75.4 Å². The van der Waals surface area contributed by atoms with Gasteiger partial charge in [-0.25, -0.2) is 4.39 Å². The maximum atomic E-state index is 13.4. The van der Waals surface area contributed by atoms with Crippen molar-refractivity contribution in [3.05, 3.63) is 29.1 Å². The molecular weight excluding hydrogens is 235 g/mol. The summed E-state index contributed by atoms with van der Waals surface area (Å²) >= 11 is 0. The molecule has 0 aliphatic heterocycles. The molecule has 0 unspecified atom stereocenters. The van der Waals surface area contributed by atoms with Crippen LogP contribution in [0.15, 0.2) is 12.1 Å². The lowest BCUT2D eigenvalue weighted by atomic mass is 9.82. The molecule has 0 bridgehead atoms. The number of hydrogen-bond donors (Lipinski definition) is 3. The Balaban J connectivity index is 1.96. The van der Waals surface area contributed by atoms with Crippen LogP contribution >= 0.6 is 0 Å². The number of nitrogens with one attached hydrogen (secondary N) is 1. The third kappa shape index (κ3) is 2.61. The van der Waals surface area contributed by atoms with Gasteiger partial charge in [0.2, 0.25) is 0 Å².